The van der Waals surface area contributed by atoms with Gasteiger partial charge in [0.2, 0.25) is 0 Å². The number of fused-ring (bicyclic) bond motifs is 2. The third kappa shape index (κ3) is 7.02. The monoisotopic (exact) mass is 677 g/mol. The molecule has 0 atom stereocenters. The molecule has 0 saturated heterocycles. The molecule has 0 spiro atoms. The van der Waals surface area contributed by atoms with Crippen LogP contribution in [0.3, 0.4) is 0 Å². The summed E-state index contributed by atoms with van der Waals surface area (Å²) in [6.07, 6.45) is 8.03. The second kappa shape index (κ2) is 14.7. The zero-order chi connectivity index (χ0) is 32.1. The van der Waals surface area contributed by atoms with Crippen molar-refractivity contribution in [3.63, 3.8) is 0 Å². The summed E-state index contributed by atoms with van der Waals surface area (Å²) in [5.74, 6) is 2.16. The van der Waals surface area contributed by atoms with Crippen molar-refractivity contribution >= 4 is 39.7 Å². The Morgan fingerprint density at radius 3 is 1.61 bits per heavy atom. The predicted molar refractivity (Wildman–Crippen MR) is 164 cm³/mol. The molecule has 6 heterocycles. The number of imidazole rings is 2. The van der Waals surface area contributed by atoms with E-state index in [0.29, 0.717) is 23.1 Å². The van der Waals surface area contributed by atoms with Gasteiger partial charge in [-0.3, -0.25) is 4.57 Å². The molecular formula is C31H24ClN13Zn. The molecule has 0 radical (unpaired) electrons. The van der Waals surface area contributed by atoms with Crippen LogP contribution < -0.4 is 0 Å². The van der Waals surface area contributed by atoms with Gasteiger partial charge in [0, 0.05) is 23.2 Å². The van der Waals surface area contributed by atoms with Crippen molar-refractivity contribution in [3.8, 4) is 22.8 Å². The van der Waals surface area contributed by atoms with E-state index in [2.05, 4.69) is 44.3 Å². The second-order valence-electron chi connectivity index (χ2n) is 10.3. The van der Waals surface area contributed by atoms with Crippen LogP contribution in [0.4, 0.5) is 5.82 Å². The van der Waals surface area contributed by atoms with Crippen molar-refractivity contribution in [1.82, 2.24) is 49.5 Å². The van der Waals surface area contributed by atoms with E-state index in [0.717, 1.165) is 82.2 Å². The number of pyridine rings is 2. The van der Waals surface area contributed by atoms with Crippen LogP contribution in [0.2, 0.25) is 5.15 Å². The molecule has 46 heavy (non-hydrogen) atoms. The van der Waals surface area contributed by atoms with Crippen LogP contribution in [0.15, 0.2) is 48.8 Å². The molecule has 222 valence electrons. The molecule has 6 aromatic heterocycles. The Labute approximate surface area is 282 Å². The first kappa shape index (κ1) is 33.7. The molecule has 2 fully saturated rings. The van der Waals surface area contributed by atoms with Gasteiger partial charge in [0.15, 0.2) is 5.65 Å². The Bertz CT molecular complexity index is 2080. The number of nitrogens with zero attached hydrogens (tertiary/aromatic N) is 13. The summed E-state index contributed by atoms with van der Waals surface area (Å²) < 4.78 is 4.32. The maximum absolute atomic E-state index is 7.13. The van der Waals surface area contributed by atoms with Crippen molar-refractivity contribution in [2.24, 2.45) is 0 Å². The minimum Gasteiger partial charge on any atom is -0.512 e. The standard InChI is InChI=1S/C15H12N6.C14H12ClN5.2CN.Zn/c1-9-7-10(8-17-20-9)14-18-12-5-6-13(16-2)19-15(12)21(14)11-3-4-11;1-8-6-9(7-16-19-8)13-17-11-4-5-12(15)18-14(11)20(13)10-2-3-10;2*1-2;/h5-8,11H,3-4H2,1H3;4-7,10H,2-3H2,1H3;;;/q;;2*-1;+2. The fourth-order valence-electron chi connectivity index (χ4n) is 4.93. The minimum absolute atomic E-state index is 0. The third-order valence-corrected chi connectivity index (χ3v) is 7.24. The molecule has 0 aromatic carbocycles. The Hall–Kier alpha value is -5.22. The normalized spacial score (nSPS) is 13.1. The summed E-state index contributed by atoms with van der Waals surface area (Å²) in [7, 11) is 0. The number of hydrogen-bond donors (Lipinski definition) is 0. The molecule has 2 aliphatic rings. The Morgan fingerprint density at radius 2 is 1.17 bits per heavy atom. The first-order valence-corrected chi connectivity index (χ1v) is 14.2. The smallest absolute Gasteiger partial charge is 0.512 e. The van der Waals surface area contributed by atoms with Crippen molar-refractivity contribution in [2.75, 3.05) is 0 Å². The SMILES string of the molecule is Cc1cc(-c2nc3ccc(Cl)nc3n2C2CC2)cnn1.[C-]#N.[C-]#N.[C-]#[N+]c1ccc2nc(-c3cnnc(C)c3)n(C3CC3)c2n1.[Zn+2]. The molecule has 0 bridgehead atoms. The predicted octanol–water partition coefficient (Wildman–Crippen LogP) is 6.46. The van der Waals surface area contributed by atoms with Crippen LogP contribution in [0.25, 0.3) is 49.9 Å². The van der Waals surface area contributed by atoms with Crippen molar-refractivity contribution in [3.05, 3.63) is 89.9 Å². The van der Waals surface area contributed by atoms with Crippen molar-refractivity contribution in [2.45, 2.75) is 51.6 Å². The van der Waals surface area contributed by atoms with Gasteiger partial charge in [-0.2, -0.15) is 20.4 Å². The minimum atomic E-state index is 0. The van der Waals surface area contributed by atoms with Crippen LogP contribution in [-0.2, 0) is 19.5 Å². The van der Waals surface area contributed by atoms with Crippen LogP contribution >= 0.6 is 11.6 Å². The van der Waals surface area contributed by atoms with E-state index in [1.165, 1.54) is 0 Å². The summed E-state index contributed by atoms with van der Waals surface area (Å²) in [6, 6.07) is 12.1. The molecule has 0 N–H and O–H groups in total. The summed E-state index contributed by atoms with van der Waals surface area (Å²) in [4.78, 5) is 21.7. The van der Waals surface area contributed by atoms with Crippen LogP contribution in [0, 0.1) is 44.1 Å². The van der Waals surface area contributed by atoms with Crippen LogP contribution in [0.1, 0.15) is 49.2 Å². The number of rotatable bonds is 4. The van der Waals surface area contributed by atoms with Gasteiger partial charge in [0.1, 0.15) is 27.8 Å². The number of aromatic nitrogens is 10. The van der Waals surface area contributed by atoms with E-state index < -0.39 is 0 Å². The second-order valence-corrected chi connectivity index (χ2v) is 10.7. The van der Waals surface area contributed by atoms with Crippen molar-refractivity contribution in [1.29, 1.82) is 10.5 Å². The molecular weight excluding hydrogens is 655 g/mol. The quantitative estimate of drug-likeness (QED) is 0.115. The first-order chi connectivity index (χ1) is 22.0. The summed E-state index contributed by atoms with van der Waals surface area (Å²) >= 11 is 6.02. The van der Waals surface area contributed by atoms with Gasteiger partial charge in [-0.05, 0) is 75.9 Å². The zero-order valence-electron chi connectivity index (χ0n) is 25.0. The van der Waals surface area contributed by atoms with E-state index in [1.54, 1.807) is 24.5 Å². The fourth-order valence-corrected chi connectivity index (χ4v) is 5.08. The van der Waals surface area contributed by atoms with Gasteiger partial charge < -0.3 is 33.1 Å². The van der Waals surface area contributed by atoms with E-state index in [1.807, 2.05) is 38.1 Å². The van der Waals surface area contributed by atoms with E-state index in [9.17, 15) is 0 Å². The van der Waals surface area contributed by atoms with E-state index in [4.69, 9.17) is 51.8 Å². The average Bonchev–Trinajstić information content (AvgIpc) is 4.02. The maximum Gasteiger partial charge on any atom is 2.00 e. The number of halogens is 1. The molecule has 0 unspecified atom stereocenters. The molecule has 0 aliphatic heterocycles. The third-order valence-electron chi connectivity index (χ3n) is 7.03. The Kier molecular flexibility index (Phi) is 10.8. The summed E-state index contributed by atoms with van der Waals surface area (Å²) in [6.45, 7) is 20.5. The molecule has 0 amide bonds. The van der Waals surface area contributed by atoms with Gasteiger partial charge in [-0.25, -0.2) is 15.0 Å². The van der Waals surface area contributed by atoms with Crippen LogP contribution in [0.5, 0.6) is 0 Å². The van der Waals surface area contributed by atoms with Crippen molar-refractivity contribution < 1.29 is 19.5 Å². The number of aryl methyl sites for hydroxylation is 2. The van der Waals surface area contributed by atoms with Gasteiger partial charge >= 0.3 is 19.5 Å². The first-order valence-electron chi connectivity index (χ1n) is 13.8. The Morgan fingerprint density at radius 1 is 0.717 bits per heavy atom. The molecule has 13 nitrogen and oxygen atoms in total. The maximum atomic E-state index is 7.13. The molecule has 8 rings (SSSR count). The summed E-state index contributed by atoms with van der Waals surface area (Å²) in [5.41, 5.74) is 6.97. The molecule has 2 saturated carbocycles. The summed E-state index contributed by atoms with van der Waals surface area (Å²) in [5, 5.41) is 29.0. The number of hydrogen-bond acceptors (Lipinski definition) is 10. The fraction of sp³-hybridized carbons (Fsp3) is 0.258. The van der Waals surface area contributed by atoms with Gasteiger partial charge in [0.25, 0.3) is 11.5 Å². The zero-order valence-corrected chi connectivity index (χ0v) is 28.7. The molecule has 15 heteroatoms. The van der Waals surface area contributed by atoms with Gasteiger partial charge in [-0.1, -0.05) is 23.2 Å². The van der Waals surface area contributed by atoms with Gasteiger partial charge in [0.05, 0.1) is 23.8 Å². The molecule has 6 aromatic rings. The average molecular weight is 679 g/mol. The largest absolute Gasteiger partial charge is 2.00 e. The Balaban J connectivity index is 0.000000185. The van der Waals surface area contributed by atoms with Crippen LogP contribution in [-0.4, -0.2) is 49.5 Å². The van der Waals surface area contributed by atoms with Gasteiger partial charge in [-0.15, -0.1) is 0 Å². The van der Waals surface area contributed by atoms with E-state index in [-0.39, 0.29) is 19.5 Å². The topological polar surface area (TPSA) is 165 Å². The molecule has 2 aliphatic carbocycles. The van der Waals surface area contributed by atoms with E-state index >= 15 is 0 Å².